The molecule has 4 heteroatoms. The van der Waals surface area contributed by atoms with E-state index in [0.717, 1.165) is 12.8 Å². The fourth-order valence-electron chi connectivity index (χ4n) is 1.48. The standard InChI is InChI=1S/C12H21NO3/c1-5-9(10(14)8-6-7-8)13-11(15)16-12(2,3)4/h8-9H,5-7H2,1-4H3,(H,13,15)/t9-/m1/s1. The summed E-state index contributed by atoms with van der Waals surface area (Å²) in [6, 6.07) is -0.387. The van der Waals surface area contributed by atoms with Gasteiger partial charge in [0.2, 0.25) is 0 Å². The van der Waals surface area contributed by atoms with E-state index in [0.29, 0.717) is 6.42 Å². The largest absolute Gasteiger partial charge is 0.444 e. The molecule has 0 aliphatic heterocycles. The molecular formula is C12H21NO3. The summed E-state index contributed by atoms with van der Waals surface area (Å²) in [6.07, 6.45) is 2.04. The van der Waals surface area contributed by atoms with Crippen LogP contribution >= 0.6 is 0 Å². The quantitative estimate of drug-likeness (QED) is 0.801. The maximum absolute atomic E-state index is 11.8. The molecule has 0 heterocycles. The first kappa shape index (κ1) is 13.0. The normalized spacial score (nSPS) is 17.8. The first-order chi connectivity index (χ1) is 7.33. The van der Waals surface area contributed by atoms with Crippen molar-refractivity contribution in [3.8, 4) is 0 Å². The van der Waals surface area contributed by atoms with Crippen molar-refractivity contribution in [2.24, 2.45) is 5.92 Å². The van der Waals surface area contributed by atoms with Crippen molar-refractivity contribution in [1.29, 1.82) is 0 Å². The Bertz CT molecular complexity index is 276. The summed E-state index contributed by atoms with van der Waals surface area (Å²) in [4.78, 5) is 23.3. The molecule has 1 fully saturated rings. The maximum atomic E-state index is 11.8. The van der Waals surface area contributed by atoms with E-state index in [9.17, 15) is 9.59 Å². The number of carbonyl (C=O) groups excluding carboxylic acids is 2. The Labute approximate surface area is 96.7 Å². The zero-order valence-corrected chi connectivity index (χ0v) is 10.5. The third-order valence-electron chi connectivity index (χ3n) is 2.42. The van der Waals surface area contributed by atoms with Gasteiger partial charge < -0.3 is 10.1 Å². The van der Waals surface area contributed by atoms with Crippen molar-refractivity contribution in [2.45, 2.75) is 58.6 Å². The predicted octanol–water partition coefficient (Wildman–Crippen LogP) is 2.27. The number of hydrogen-bond donors (Lipinski definition) is 1. The minimum atomic E-state index is -0.523. The number of alkyl carbamates (subject to hydrolysis) is 1. The zero-order valence-electron chi connectivity index (χ0n) is 10.5. The van der Waals surface area contributed by atoms with Crippen LogP contribution in [0.2, 0.25) is 0 Å². The Morgan fingerprint density at radius 2 is 1.94 bits per heavy atom. The third-order valence-corrected chi connectivity index (χ3v) is 2.42. The third kappa shape index (κ3) is 4.21. The van der Waals surface area contributed by atoms with E-state index in [-0.39, 0.29) is 17.7 Å². The lowest BCUT2D eigenvalue weighted by molar-refractivity contribution is -0.122. The SMILES string of the molecule is CC[C@@H](NC(=O)OC(C)(C)C)C(=O)C1CC1. The molecular weight excluding hydrogens is 206 g/mol. The van der Waals surface area contributed by atoms with Gasteiger partial charge in [-0.1, -0.05) is 6.92 Å². The number of ketones is 1. The van der Waals surface area contributed by atoms with Crippen LogP contribution in [0.4, 0.5) is 4.79 Å². The second kappa shape index (κ2) is 4.85. The van der Waals surface area contributed by atoms with Crippen molar-refractivity contribution in [1.82, 2.24) is 5.32 Å². The minimum Gasteiger partial charge on any atom is -0.444 e. The highest BCUT2D eigenvalue weighted by Gasteiger charge is 2.35. The van der Waals surface area contributed by atoms with Crippen LogP contribution in [-0.2, 0) is 9.53 Å². The Morgan fingerprint density at radius 3 is 2.31 bits per heavy atom. The lowest BCUT2D eigenvalue weighted by Gasteiger charge is -2.22. The average molecular weight is 227 g/mol. The molecule has 0 bridgehead atoms. The summed E-state index contributed by atoms with van der Waals surface area (Å²) >= 11 is 0. The highest BCUT2D eigenvalue weighted by Crippen LogP contribution is 2.31. The Balaban J connectivity index is 2.43. The van der Waals surface area contributed by atoms with Crippen molar-refractivity contribution in [2.75, 3.05) is 0 Å². The van der Waals surface area contributed by atoms with Crippen molar-refractivity contribution in [3.05, 3.63) is 0 Å². The number of hydrogen-bond acceptors (Lipinski definition) is 3. The summed E-state index contributed by atoms with van der Waals surface area (Å²) < 4.78 is 5.12. The minimum absolute atomic E-state index is 0.147. The maximum Gasteiger partial charge on any atom is 0.408 e. The highest BCUT2D eigenvalue weighted by atomic mass is 16.6. The van der Waals surface area contributed by atoms with Gasteiger partial charge in [0, 0.05) is 5.92 Å². The zero-order chi connectivity index (χ0) is 12.3. The summed E-state index contributed by atoms with van der Waals surface area (Å²) in [6.45, 7) is 7.30. The van der Waals surface area contributed by atoms with Crippen LogP contribution in [0.1, 0.15) is 47.0 Å². The van der Waals surface area contributed by atoms with Gasteiger partial charge in [-0.3, -0.25) is 4.79 Å². The molecule has 4 nitrogen and oxygen atoms in total. The fourth-order valence-corrected chi connectivity index (χ4v) is 1.48. The van der Waals surface area contributed by atoms with E-state index in [1.54, 1.807) is 20.8 Å². The Hall–Kier alpha value is -1.06. The van der Waals surface area contributed by atoms with E-state index >= 15 is 0 Å². The van der Waals surface area contributed by atoms with Gasteiger partial charge in [-0.2, -0.15) is 0 Å². The summed E-state index contributed by atoms with van der Waals surface area (Å²) in [7, 11) is 0. The number of nitrogens with one attached hydrogen (secondary N) is 1. The van der Waals surface area contributed by atoms with Crippen molar-refractivity contribution >= 4 is 11.9 Å². The van der Waals surface area contributed by atoms with E-state index in [1.165, 1.54) is 0 Å². The fraction of sp³-hybridized carbons (Fsp3) is 0.833. The second-order valence-corrected chi connectivity index (χ2v) is 5.28. The Kier molecular flexibility index (Phi) is 3.94. The topological polar surface area (TPSA) is 55.4 Å². The molecule has 0 aromatic carbocycles. The van der Waals surface area contributed by atoms with Gasteiger partial charge in [0.15, 0.2) is 5.78 Å². The monoisotopic (exact) mass is 227 g/mol. The van der Waals surface area contributed by atoms with Crippen LogP contribution in [0.25, 0.3) is 0 Å². The average Bonchev–Trinajstić information content (AvgIpc) is 2.93. The van der Waals surface area contributed by atoms with Gasteiger partial charge >= 0.3 is 6.09 Å². The number of rotatable bonds is 4. The number of amides is 1. The lowest BCUT2D eigenvalue weighted by atomic mass is 10.1. The van der Waals surface area contributed by atoms with Crippen LogP contribution in [0, 0.1) is 5.92 Å². The molecule has 1 aliphatic carbocycles. The number of ether oxygens (including phenoxy) is 1. The molecule has 0 aromatic heterocycles. The van der Waals surface area contributed by atoms with Gasteiger partial charge in [-0.05, 0) is 40.0 Å². The molecule has 0 aromatic rings. The predicted molar refractivity (Wildman–Crippen MR) is 61.2 cm³/mol. The van der Waals surface area contributed by atoms with Crippen LogP contribution in [-0.4, -0.2) is 23.5 Å². The molecule has 0 spiro atoms. The summed E-state index contributed by atoms with van der Waals surface area (Å²) in [5, 5.41) is 2.63. The van der Waals surface area contributed by atoms with Crippen LogP contribution in [0.15, 0.2) is 0 Å². The van der Waals surface area contributed by atoms with Crippen LogP contribution in [0.5, 0.6) is 0 Å². The lowest BCUT2D eigenvalue weighted by Crippen LogP contribution is -2.43. The Morgan fingerprint density at radius 1 is 1.38 bits per heavy atom. The first-order valence-electron chi connectivity index (χ1n) is 5.86. The molecule has 0 saturated heterocycles. The molecule has 1 atom stereocenters. The molecule has 1 saturated carbocycles. The summed E-state index contributed by atoms with van der Waals surface area (Å²) in [5.41, 5.74) is -0.523. The van der Waals surface area contributed by atoms with E-state index in [4.69, 9.17) is 4.74 Å². The van der Waals surface area contributed by atoms with Crippen LogP contribution < -0.4 is 5.32 Å². The molecule has 1 N–H and O–H groups in total. The molecule has 0 unspecified atom stereocenters. The summed E-state index contributed by atoms with van der Waals surface area (Å²) in [5.74, 6) is 0.313. The molecule has 92 valence electrons. The second-order valence-electron chi connectivity index (χ2n) is 5.28. The molecule has 1 aliphatic rings. The van der Waals surface area contributed by atoms with Crippen LogP contribution in [0.3, 0.4) is 0 Å². The molecule has 1 amide bonds. The van der Waals surface area contributed by atoms with E-state index in [1.807, 2.05) is 6.92 Å². The van der Waals surface area contributed by atoms with Gasteiger partial charge in [0.05, 0.1) is 6.04 Å². The molecule has 16 heavy (non-hydrogen) atoms. The molecule has 0 radical (unpaired) electrons. The highest BCUT2D eigenvalue weighted by molar-refractivity contribution is 5.90. The smallest absolute Gasteiger partial charge is 0.408 e. The van der Waals surface area contributed by atoms with Gasteiger partial charge in [0.1, 0.15) is 5.60 Å². The van der Waals surface area contributed by atoms with Gasteiger partial charge in [-0.25, -0.2) is 4.79 Å². The van der Waals surface area contributed by atoms with Gasteiger partial charge in [-0.15, -0.1) is 0 Å². The molecule has 1 rings (SSSR count). The van der Waals surface area contributed by atoms with Crippen molar-refractivity contribution in [3.63, 3.8) is 0 Å². The first-order valence-corrected chi connectivity index (χ1v) is 5.86. The van der Waals surface area contributed by atoms with E-state index in [2.05, 4.69) is 5.32 Å². The van der Waals surface area contributed by atoms with Gasteiger partial charge in [0.25, 0.3) is 0 Å². The number of Topliss-reactive ketones (excluding diaryl/α,β-unsaturated/α-hetero) is 1. The van der Waals surface area contributed by atoms with E-state index < -0.39 is 11.7 Å². The van der Waals surface area contributed by atoms with Crippen molar-refractivity contribution < 1.29 is 14.3 Å². The number of carbonyl (C=O) groups is 2.